The number of imidazole rings is 1. The minimum absolute atomic E-state index is 0.227. The van der Waals surface area contributed by atoms with Crippen molar-refractivity contribution in [2.75, 3.05) is 13.0 Å². The number of ether oxygens (including phenoxy) is 1. The van der Waals surface area contributed by atoms with Crippen LogP contribution in [0.5, 0.6) is 5.75 Å². The molecule has 2 aromatic rings. The molecule has 5 nitrogen and oxygen atoms in total. The number of carbonyl (C=O) groups is 1. The van der Waals surface area contributed by atoms with Crippen molar-refractivity contribution >= 4 is 28.5 Å². The third-order valence-corrected chi connectivity index (χ3v) is 3.65. The van der Waals surface area contributed by atoms with Crippen LogP contribution in [-0.4, -0.2) is 28.4 Å². The Morgan fingerprint density at radius 3 is 2.76 bits per heavy atom. The van der Waals surface area contributed by atoms with Gasteiger partial charge in [-0.25, -0.2) is 4.98 Å². The number of carbonyl (C=O) groups excluding carboxylic acids is 1. The van der Waals surface area contributed by atoms with Gasteiger partial charge in [-0.15, -0.1) is 11.6 Å². The second-order valence-electron chi connectivity index (χ2n) is 5.61. The van der Waals surface area contributed by atoms with E-state index < -0.39 is 5.54 Å². The average Bonchev–Trinajstić information content (AvgIpc) is 2.75. The second kappa shape index (κ2) is 5.93. The number of aromatic nitrogens is 2. The molecule has 1 heterocycles. The Morgan fingerprint density at radius 1 is 1.48 bits per heavy atom. The summed E-state index contributed by atoms with van der Waals surface area (Å²) in [4.78, 5) is 16.0. The van der Waals surface area contributed by atoms with Crippen LogP contribution < -0.4 is 10.5 Å². The molecular weight excluding hydrogens is 290 g/mol. The number of alkyl halides is 1. The molecule has 0 aliphatic heterocycles. The van der Waals surface area contributed by atoms with E-state index in [4.69, 9.17) is 22.1 Å². The first kappa shape index (κ1) is 15.6. The number of hydrogen-bond donors (Lipinski definition) is 1. The molecule has 0 saturated heterocycles. The standard InChI is InChI=1S/C15H20ClN3O2/c1-15(2,9-13(17)20)19-12-8-10(21-3)4-5-11(12)18-14(19)6-7-16/h4-5,8H,6-7,9H2,1-3H3,(H2,17,20). The zero-order valence-electron chi connectivity index (χ0n) is 12.5. The molecule has 0 spiro atoms. The maximum Gasteiger partial charge on any atom is 0.219 e. The van der Waals surface area contributed by atoms with Gasteiger partial charge < -0.3 is 15.0 Å². The Morgan fingerprint density at radius 2 is 2.19 bits per heavy atom. The zero-order chi connectivity index (χ0) is 15.6. The fourth-order valence-electron chi connectivity index (χ4n) is 2.67. The number of amides is 1. The minimum Gasteiger partial charge on any atom is -0.497 e. The SMILES string of the molecule is COc1ccc2nc(CCCl)n(C(C)(C)CC(N)=O)c2c1. The Hall–Kier alpha value is -1.75. The highest BCUT2D eigenvalue weighted by Crippen LogP contribution is 2.30. The van der Waals surface area contributed by atoms with Crippen molar-refractivity contribution in [1.82, 2.24) is 9.55 Å². The van der Waals surface area contributed by atoms with Crippen LogP contribution in [-0.2, 0) is 16.8 Å². The van der Waals surface area contributed by atoms with E-state index in [2.05, 4.69) is 4.98 Å². The van der Waals surface area contributed by atoms with Crippen molar-refractivity contribution in [2.45, 2.75) is 32.2 Å². The normalized spacial score (nSPS) is 11.8. The molecule has 21 heavy (non-hydrogen) atoms. The molecule has 114 valence electrons. The van der Waals surface area contributed by atoms with Crippen LogP contribution >= 0.6 is 11.6 Å². The van der Waals surface area contributed by atoms with E-state index in [9.17, 15) is 4.79 Å². The molecule has 1 aromatic carbocycles. The van der Waals surface area contributed by atoms with Crippen molar-refractivity contribution in [3.8, 4) is 5.75 Å². The van der Waals surface area contributed by atoms with Gasteiger partial charge in [-0.1, -0.05) is 0 Å². The predicted octanol–water partition coefficient (Wildman–Crippen LogP) is 2.44. The number of nitrogens with zero attached hydrogens (tertiary/aromatic N) is 2. The quantitative estimate of drug-likeness (QED) is 0.833. The van der Waals surface area contributed by atoms with Crippen molar-refractivity contribution < 1.29 is 9.53 Å². The highest BCUT2D eigenvalue weighted by Gasteiger charge is 2.28. The molecular formula is C15H20ClN3O2. The van der Waals surface area contributed by atoms with Gasteiger partial charge in [0.2, 0.25) is 5.91 Å². The van der Waals surface area contributed by atoms with Gasteiger partial charge in [0.25, 0.3) is 0 Å². The Kier molecular flexibility index (Phi) is 4.42. The average molecular weight is 310 g/mol. The van der Waals surface area contributed by atoms with Gasteiger partial charge in [0.05, 0.1) is 18.1 Å². The number of aryl methyl sites for hydroxylation is 1. The number of hydrogen-bond acceptors (Lipinski definition) is 3. The summed E-state index contributed by atoms with van der Waals surface area (Å²) in [7, 11) is 1.62. The molecule has 1 aromatic heterocycles. The Labute approximate surface area is 129 Å². The van der Waals surface area contributed by atoms with Crippen molar-refractivity contribution in [3.63, 3.8) is 0 Å². The lowest BCUT2D eigenvalue weighted by atomic mass is 9.99. The van der Waals surface area contributed by atoms with Gasteiger partial charge in [-0.3, -0.25) is 4.79 Å². The summed E-state index contributed by atoms with van der Waals surface area (Å²) in [6.45, 7) is 3.94. The molecule has 1 amide bonds. The van der Waals surface area contributed by atoms with Gasteiger partial charge in [0, 0.05) is 30.3 Å². The number of halogens is 1. The fourth-order valence-corrected chi connectivity index (χ4v) is 2.83. The molecule has 2 rings (SSSR count). The van der Waals surface area contributed by atoms with E-state index in [0.29, 0.717) is 12.3 Å². The molecule has 0 bridgehead atoms. The van der Waals surface area contributed by atoms with Crippen molar-refractivity contribution in [1.29, 1.82) is 0 Å². The maximum absolute atomic E-state index is 11.4. The van der Waals surface area contributed by atoms with Gasteiger partial charge in [0.1, 0.15) is 11.6 Å². The molecule has 0 radical (unpaired) electrons. The molecule has 2 N–H and O–H groups in total. The van der Waals surface area contributed by atoms with Crippen molar-refractivity contribution in [3.05, 3.63) is 24.0 Å². The largest absolute Gasteiger partial charge is 0.497 e. The van der Waals surface area contributed by atoms with E-state index in [1.807, 2.05) is 36.6 Å². The molecule has 0 saturated carbocycles. The van der Waals surface area contributed by atoms with Crippen LogP contribution in [0.15, 0.2) is 18.2 Å². The van der Waals surface area contributed by atoms with E-state index >= 15 is 0 Å². The Bertz CT molecular complexity index is 664. The summed E-state index contributed by atoms with van der Waals surface area (Å²) in [5.41, 5.74) is 6.68. The minimum atomic E-state index is -0.478. The molecule has 0 atom stereocenters. The summed E-state index contributed by atoms with van der Waals surface area (Å²) in [5.74, 6) is 1.71. The first-order valence-corrected chi connectivity index (χ1v) is 7.32. The topological polar surface area (TPSA) is 70.1 Å². The smallest absolute Gasteiger partial charge is 0.219 e. The van der Waals surface area contributed by atoms with Crippen LogP contribution in [0.3, 0.4) is 0 Å². The summed E-state index contributed by atoms with van der Waals surface area (Å²) in [6.07, 6.45) is 0.853. The number of benzene rings is 1. The highest BCUT2D eigenvalue weighted by atomic mass is 35.5. The maximum atomic E-state index is 11.4. The number of nitrogens with two attached hydrogens (primary N) is 1. The van der Waals surface area contributed by atoms with Crippen molar-refractivity contribution in [2.24, 2.45) is 5.73 Å². The van der Waals surface area contributed by atoms with E-state index in [0.717, 1.165) is 22.6 Å². The van der Waals surface area contributed by atoms with Crippen LogP contribution in [0.4, 0.5) is 0 Å². The van der Waals surface area contributed by atoms with E-state index in [1.165, 1.54) is 0 Å². The first-order valence-electron chi connectivity index (χ1n) is 6.79. The van der Waals surface area contributed by atoms with Crippen LogP contribution in [0, 0.1) is 0 Å². The molecule has 6 heteroatoms. The number of methoxy groups -OCH3 is 1. The Balaban J connectivity index is 2.66. The van der Waals surface area contributed by atoms with Gasteiger partial charge in [0.15, 0.2) is 0 Å². The number of rotatable bonds is 6. The summed E-state index contributed by atoms with van der Waals surface area (Å²) < 4.78 is 7.32. The second-order valence-corrected chi connectivity index (χ2v) is 5.99. The summed E-state index contributed by atoms with van der Waals surface area (Å²) >= 11 is 5.88. The molecule has 0 aliphatic carbocycles. The van der Waals surface area contributed by atoms with Gasteiger partial charge >= 0.3 is 0 Å². The number of fused-ring (bicyclic) bond motifs is 1. The lowest BCUT2D eigenvalue weighted by molar-refractivity contribution is -0.119. The summed E-state index contributed by atoms with van der Waals surface area (Å²) in [6, 6.07) is 5.69. The zero-order valence-corrected chi connectivity index (χ0v) is 13.3. The first-order chi connectivity index (χ1) is 9.89. The van der Waals surface area contributed by atoms with E-state index in [-0.39, 0.29) is 12.3 Å². The third-order valence-electron chi connectivity index (χ3n) is 3.46. The molecule has 0 aliphatic rings. The molecule has 0 unspecified atom stereocenters. The van der Waals surface area contributed by atoms with Gasteiger partial charge in [-0.2, -0.15) is 0 Å². The fraction of sp³-hybridized carbons (Fsp3) is 0.467. The molecule has 0 fully saturated rings. The highest BCUT2D eigenvalue weighted by molar-refractivity contribution is 6.17. The lowest BCUT2D eigenvalue weighted by Crippen LogP contribution is -2.33. The number of primary amides is 1. The summed E-state index contributed by atoms with van der Waals surface area (Å²) in [5, 5.41) is 0. The predicted molar refractivity (Wildman–Crippen MR) is 83.8 cm³/mol. The van der Waals surface area contributed by atoms with Crippen LogP contribution in [0.1, 0.15) is 26.1 Å². The monoisotopic (exact) mass is 309 g/mol. The van der Waals surface area contributed by atoms with E-state index in [1.54, 1.807) is 7.11 Å². The third kappa shape index (κ3) is 3.13. The lowest BCUT2D eigenvalue weighted by Gasteiger charge is -2.28. The van der Waals surface area contributed by atoms with Gasteiger partial charge in [-0.05, 0) is 26.0 Å². The van der Waals surface area contributed by atoms with Crippen LogP contribution in [0.2, 0.25) is 0 Å². The van der Waals surface area contributed by atoms with Crippen LogP contribution in [0.25, 0.3) is 11.0 Å².